The Kier molecular flexibility index (Phi) is 8.12. The van der Waals surface area contributed by atoms with Crippen LogP contribution in [-0.2, 0) is 5.75 Å². The van der Waals surface area contributed by atoms with Crippen molar-refractivity contribution in [2.45, 2.75) is 17.6 Å². The molecule has 34 heavy (non-hydrogen) atoms. The Morgan fingerprint density at radius 1 is 0.882 bits per heavy atom. The van der Waals surface area contributed by atoms with Gasteiger partial charge < -0.3 is 14.8 Å². The van der Waals surface area contributed by atoms with Crippen LogP contribution in [0.1, 0.15) is 22.8 Å². The van der Waals surface area contributed by atoms with Gasteiger partial charge in [0, 0.05) is 26.8 Å². The quantitative estimate of drug-likeness (QED) is 0.241. The fourth-order valence-corrected chi connectivity index (χ4v) is 4.29. The Hall–Kier alpha value is -3.41. The molecule has 172 valence electrons. The topological polar surface area (TPSA) is 47.6 Å². The molecule has 6 heteroatoms. The molecule has 0 heterocycles. The van der Waals surface area contributed by atoms with E-state index in [1.807, 2.05) is 97.9 Å². The van der Waals surface area contributed by atoms with Gasteiger partial charge in [-0.3, -0.25) is 4.79 Å². The molecular formula is C28H24ClNO3S. The van der Waals surface area contributed by atoms with E-state index in [4.69, 9.17) is 21.1 Å². The van der Waals surface area contributed by atoms with E-state index < -0.39 is 0 Å². The number of hydrogen-bond donors (Lipinski definition) is 1. The zero-order chi connectivity index (χ0) is 23.8. The SMILES string of the molecule is CCOc1ccc(C(=O)Nc2ccccc2Oc2ccccc2)cc1CSc1ccc(Cl)cc1. The predicted octanol–water partition coefficient (Wildman–Crippen LogP) is 8.08. The molecule has 4 nitrogen and oxygen atoms in total. The molecule has 1 amide bonds. The van der Waals surface area contributed by atoms with Crippen molar-refractivity contribution in [3.05, 3.63) is 113 Å². The monoisotopic (exact) mass is 489 g/mol. The van der Waals surface area contributed by atoms with Crippen LogP contribution in [0.5, 0.6) is 17.2 Å². The minimum absolute atomic E-state index is 0.218. The molecule has 0 atom stereocenters. The molecule has 1 N–H and O–H groups in total. The molecule has 0 saturated heterocycles. The molecule has 0 aromatic heterocycles. The van der Waals surface area contributed by atoms with Gasteiger partial charge in [-0.05, 0) is 73.7 Å². The first kappa shape index (κ1) is 23.7. The summed E-state index contributed by atoms with van der Waals surface area (Å²) in [7, 11) is 0. The van der Waals surface area contributed by atoms with Crippen LogP contribution in [0, 0.1) is 0 Å². The summed E-state index contributed by atoms with van der Waals surface area (Å²) in [6, 6.07) is 30.1. The van der Waals surface area contributed by atoms with Gasteiger partial charge in [-0.25, -0.2) is 0 Å². The Morgan fingerprint density at radius 2 is 1.62 bits per heavy atom. The lowest BCUT2D eigenvalue weighted by Gasteiger charge is -2.14. The van der Waals surface area contributed by atoms with Crippen LogP contribution in [0.25, 0.3) is 0 Å². The minimum atomic E-state index is -0.218. The van der Waals surface area contributed by atoms with E-state index in [0.29, 0.717) is 40.1 Å². The number of anilines is 1. The Balaban J connectivity index is 1.52. The van der Waals surface area contributed by atoms with Gasteiger partial charge in [-0.1, -0.05) is 41.9 Å². The summed E-state index contributed by atoms with van der Waals surface area (Å²) in [4.78, 5) is 14.2. The predicted molar refractivity (Wildman–Crippen MR) is 140 cm³/mol. The van der Waals surface area contributed by atoms with Gasteiger partial charge in [-0.2, -0.15) is 0 Å². The number of rotatable bonds is 9. The van der Waals surface area contributed by atoms with Crippen molar-refractivity contribution in [1.82, 2.24) is 0 Å². The van der Waals surface area contributed by atoms with Crippen molar-refractivity contribution in [3.63, 3.8) is 0 Å². The molecule has 0 aliphatic carbocycles. The highest BCUT2D eigenvalue weighted by Gasteiger charge is 2.14. The molecule has 0 aliphatic rings. The number of nitrogens with one attached hydrogen (secondary N) is 1. The maximum Gasteiger partial charge on any atom is 0.255 e. The smallest absolute Gasteiger partial charge is 0.255 e. The van der Waals surface area contributed by atoms with Crippen LogP contribution >= 0.6 is 23.4 Å². The third-order valence-corrected chi connectivity index (χ3v) is 6.25. The van der Waals surface area contributed by atoms with E-state index in [1.165, 1.54) is 0 Å². The number of thioether (sulfide) groups is 1. The first-order chi connectivity index (χ1) is 16.6. The number of hydrogen-bond acceptors (Lipinski definition) is 4. The molecule has 0 radical (unpaired) electrons. The Bertz CT molecular complexity index is 1250. The van der Waals surface area contributed by atoms with Gasteiger partial charge in [0.2, 0.25) is 0 Å². The molecule has 4 aromatic carbocycles. The molecule has 0 aliphatic heterocycles. The minimum Gasteiger partial charge on any atom is -0.494 e. The Morgan fingerprint density at radius 3 is 2.38 bits per heavy atom. The van der Waals surface area contributed by atoms with E-state index in [0.717, 1.165) is 16.2 Å². The fourth-order valence-electron chi connectivity index (χ4n) is 3.29. The number of ether oxygens (including phenoxy) is 2. The zero-order valence-electron chi connectivity index (χ0n) is 18.7. The van der Waals surface area contributed by atoms with Gasteiger partial charge in [0.1, 0.15) is 11.5 Å². The number of amides is 1. The number of para-hydroxylation sites is 3. The average Bonchev–Trinajstić information content (AvgIpc) is 2.86. The van der Waals surface area contributed by atoms with Crippen molar-refractivity contribution in [1.29, 1.82) is 0 Å². The fraction of sp³-hybridized carbons (Fsp3) is 0.107. The van der Waals surface area contributed by atoms with Crippen LogP contribution in [-0.4, -0.2) is 12.5 Å². The molecule has 0 bridgehead atoms. The van der Waals surface area contributed by atoms with Crippen molar-refractivity contribution < 1.29 is 14.3 Å². The second-order valence-electron chi connectivity index (χ2n) is 7.36. The van der Waals surface area contributed by atoms with E-state index >= 15 is 0 Å². The first-order valence-corrected chi connectivity index (χ1v) is 12.3. The number of carbonyl (C=O) groups excluding carboxylic acids is 1. The molecule has 0 fully saturated rings. The van der Waals surface area contributed by atoms with Crippen molar-refractivity contribution in [3.8, 4) is 17.2 Å². The van der Waals surface area contributed by atoms with Crippen LogP contribution in [0.15, 0.2) is 102 Å². The van der Waals surface area contributed by atoms with E-state index in [2.05, 4.69) is 5.32 Å². The number of halogens is 1. The lowest BCUT2D eigenvalue weighted by molar-refractivity contribution is 0.102. The number of benzene rings is 4. The van der Waals surface area contributed by atoms with Crippen LogP contribution in [0.2, 0.25) is 5.02 Å². The van der Waals surface area contributed by atoms with Crippen LogP contribution in [0.3, 0.4) is 0 Å². The summed E-state index contributed by atoms with van der Waals surface area (Å²) in [6.45, 7) is 2.49. The van der Waals surface area contributed by atoms with Crippen LogP contribution in [0.4, 0.5) is 5.69 Å². The lowest BCUT2D eigenvalue weighted by atomic mass is 10.1. The van der Waals surface area contributed by atoms with Crippen LogP contribution < -0.4 is 14.8 Å². The van der Waals surface area contributed by atoms with Gasteiger partial charge in [0.05, 0.1) is 12.3 Å². The van der Waals surface area contributed by atoms with Gasteiger partial charge in [-0.15, -0.1) is 11.8 Å². The molecule has 0 saturated carbocycles. The summed E-state index contributed by atoms with van der Waals surface area (Å²) >= 11 is 7.65. The summed E-state index contributed by atoms with van der Waals surface area (Å²) in [6.07, 6.45) is 0. The third kappa shape index (κ3) is 6.34. The second-order valence-corrected chi connectivity index (χ2v) is 8.85. The van der Waals surface area contributed by atoms with Gasteiger partial charge in [0.15, 0.2) is 5.75 Å². The maximum absolute atomic E-state index is 13.1. The van der Waals surface area contributed by atoms with E-state index in [-0.39, 0.29) is 5.91 Å². The highest BCUT2D eigenvalue weighted by molar-refractivity contribution is 7.98. The van der Waals surface area contributed by atoms with E-state index in [9.17, 15) is 4.79 Å². The molecule has 4 aromatic rings. The molecule has 0 unspecified atom stereocenters. The number of carbonyl (C=O) groups is 1. The average molecular weight is 490 g/mol. The largest absolute Gasteiger partial charge is 0.494 e. The molecular weight excluding hydrogens is 466 g/mol. The zero-order valence-corrected chi connectivity index (χ0v) is 20.2. The van der Waals surface area contributed by atoms with Crippen molar-refractivity contribution in [2.24, 2.45) is 0 Å². The summed E-state index contributed by atoms with van der Waals surface area (Å²) in [5.74, 6) is 2.49. The summed E-state index contributed by atoms with van der Waals surface area (Å²) in [5, 5.41) is 3.68. The summed E-state index contributed by atoms with van der Waals surface area (Å²) in [5.41, 5.74) is 2.09. The standard InChI is InChI=1S/C28H24ClNO3S/c1-2-32-26-17-12-20(18-21(26)19-34-24-15-13-22(29)14-16-24)28(31)30-25-10-6-7-11-27(25)33-23-8-4-3-5-9-23/h3-18H,2,19H2,1H3,(H,30,31). The van der Waals surface area contributed by atoms with Gasteiger partial charge in [0.25, 0.3) is 5.91 Å². The highest BCUT2D eigenvalue weighted by atomic mass is 35.5. The first-order valence-electron chi connectivity index (χ1n) is 10.9. The lowest BCUT2D eigenvalue weighted by Crippen LogP contribution is -2.13. The maximum atomic E-state index is 13.1. The third-order valence-electron chi connectivity index (χ3n) is 4.94. The Labute approximate surface area is 208 Å². The normalized spacial score (nSPS) is 10.5. The van der Waals surface area contributed by atoms with E-state index in [1.54, 1.807) is 17.8 Å². The van der Waals surface area contributed by atoms with Crippen molar-refractivity contribution in [2.75, 3.05) is 11.9 Å². The highest BCUT2D eigenvalue weighted by Crippen LogP contribution is 2.32. The van der Waals surface area contributed by atoms with Gasteiger partial charge >= 0.3 is 0 Å². The molecule has 0 spiro atoms. The summed E-state index contributed by atoms with van der Waals surface area (Å²) < 4.78 is 11.8. The molecule has 4 rings (SSSR count). The van der Waals surface area contributed by atoms with Crippen molar-refractivity contribution >= 4 is 35.0 Å². The second kappa shape index (κ2) is 11.6.